The Labute approximate surface area is 282 Å². The lowest BCUT2D eigenvalue weighted by molar-refractivity contribution is -0.174. The summed E-state index contributed by atoms with van der Waals surface area (Å²) in [4.78, 5) is 50.6. The molecule has 1 aliphatic rings. The average Bonchev–Trinajstić information content (AvgIpc) is 3.81. The molecule has 0 saturated carbocycles. The molecule has 11 heteroatoms. The Morgan fingerprint density at radius 3 is 2.34 bits per heavy atom. The van der Waals surface area contributed by atoms with Crippen LogP contribution in [0.3, 0.4) is 0 Å². The molecule has 0 bridgehead atoms. The lowest BCUT2D eigenvalue weighted by Crippen LogP contribution is -2.40. The molecule has 256 valence electrons. The third-order valence-electron chi connectivity index (χ3n) is 7.97. The molecule has 2 aromatic rings. The van der Waals surface area contributed by atoms with Crippen LogP contribution in [0, 0.1) is 17.8 Å². The number of carbonyl (C=O) groups is 4. The first kappa shape index (κ1) is 37.6. The first-order valence-electron chi connectivity index (χ1n) is 16.0. The van der Waals surface area contributed by atoms with Gasteiger partial charge in [0.1, 0.15) is 18.0 Å². The SMILES string of the molecule is COc1ccc(C[C@@H](C)C(=O)N[C@@H](C)CC(=O)O[C@@H](CC(C)C)C(=O)O[C@@H](C/C=C/C(N)=O)[C@H](C)[C@H]2O[C@@H]2c2ccccc2)cc1Cl. The van der Waals surface area contributed by atoms with E-state index >= 15 is 0 Å². The van der Waals surface area contributed by atoms with Crippen molar-refractivity contribution in [3.8, 4) is 5.75 Å². The van der Waals surface area contributed by atoms with Crippen molar-refractivity contribution in [2.24, 2.45) is 23.5 Å². The van der Waals surface area contributed by atoms with Crippen molar-refractivity contribution in [3.05, 3.63) is 76.8 Å². The average molecular weight is 671 g/mol. The van der Waals surface area contributed by atoms with Gasteiger partial charge in [-0.3, -0.25) is 14.4 Å². The van der Waals surface area contributed by atoms with Crippen molar-refractivity contribution in [1.82, 2.24) is 5.32 Å². The van der Waals surface area contributed by atoms with Gasteiger partial charge in [0.25, 0.3) is 0 Å². The topological polar surface area (TPSA) is 147 Å². The van der Waals surface area contributed by atoms with E-state index < -0.39 is 36.1 Å². The molecule has 0 aliphatic carbocycles. The highest BCUT2D eigenvalue weighted by Crippen LogP contribution is 2.45. The van der Waals surface area contributed by atoms with Crippen molar-refractivity contribution in [3.63, 3.8) is 0 Å². The van der Waals surface area contributed by atoms with E-state index in [9.17, 15) is 19.2 Å². The van der Waals surface area contributed by atoms with Crippen LogP contribution >= 0.6 is 11.6 Å². The highest BCUT2D eigenvalue weighted by Gasteiger charge is 2.47. The third kappa shape index (κ3) is 12.0. The Morgan fingerprint density at radius 1 is 1.02 bits per heavy atom. The van der Waals surface area contributed by atoms with Gasteiger partial charge in [-0.15, -0.1) is 0 Å². The summed E-state index contributed by atoms with van der Waals surface area (Å²) in [7, 11) is 1.53. The summed E-state index contributed by atoms with van der Waals surface area (Å²) in [5, 5.41) is 3.32. The number of nitrogens with one attached hydrogen (secondary N) is 1. The van der Waals surface area contributed by atoms with Gasteiger partial charge in [-0.25, -0.2) is 4.79 Å². The Kier molecular flexibility index (Phi) is 14.3. The number of primary amides is 1. The molecule has 0 aromatic heterocycles. The van der Waals surface area contributed by atoms with Gasteiger partial charge in [0, 0.05) is 24.3 Å². The van der Waals surface area contributed by atoms with Gasteiger partial charge in [-0.1, -0.05) is 81.8 Å². The number of nitrogens with two attached hydrogens (primary N) is 1. The minimum atomic E-state index is -1.15. The van der Waals surface area contributed by atoms with E-state index in [-0.39, 0.29) is 55.1 Å². The fourth-order valence-electron chi connectivity index (χ4n) is 5.36. The zero-order valence-electron chi connectivity index (χ0n) is 27.9. The minimum absolute atomic E-state index is 0.0182. The number of epoxide rings is 1. The molecule has 47 heavy (non-hydrogen) atoms. The molecule has 0 spiro atoms. The molecule has 1 heterocycles. The molecule has 10 nitrogen and oxygen atoms in total. The van der Waals surface area contributed by atoms with Gasteiger partial charge in [-0.2, -0.15) is 0 Å². The maximum Gasteiger partial charge on any atom is 0.347 e. The van der Waals surface area contributed by atoms with E-state index in [1.165, 1.54) is 13.2 Å². The van der Waals surface area contributed by atoms with E-state index in [2.05, 4.69) is 5.32 Å². The monoisotopic (exact) mass is 670 g/mol. The van der Waals surface area contributed by atoms with E-state index in [0.29, 0.717) is 17.2 Å². The Balaban J connectivity index is 1.59. The van der Waals surface area contributed by atoms with Crippen LogP contribution in [0.1, 0.15) is 71.1 Å². The number of methoxy groups -OCH3 is 1. The minimum Gasteiger partial charge on any atom is -0.495 e. The number of benzene rings is 2. The van der Waals surface area contributed by atoms with E-state index in [4.69, 9.17) is 36.3 Å². The zero-order valence-corrected chi connectivity index (χ0v) is 28.7. The Hall–Kier alpha value is -3.89. The van der Waals surface area contributed by atoms with Crippen molar-refractivity contribution in [2.45, 2.75) is 90.8 Å². The second-order valence-corrected chi connectivity index (χ2v) is 13.0. The fraction of sp³-hybridized carbons (Fsp3) is 0.500. The number of halogens is 1. The van der Waals surface area contributed by atoms with Crippen LogP contribution in [-0.2, 0) is 39.8 Å². The van der Waals surface area contributed by atoms with E-state index in [1.807, 2.05) is 57.2 Å². The molecule has 7 atom stereocenters. The lowest BCUT2D eigenvalue weighted by atomic mass is 9.93. The number of carbonyl (C=O) groups excluding carboxylic acids is 4. The zero-order chi connectivity index (χ0) is 34.7. The second kappa shape index (κ2) is 17.9. The lowest BCUT2D eigenvalue weighted by Gasteiger charge is -2.26. The molecule has 0 radical (unpaired) electrons. The summed E-state index contributed by atoms with van der Waals surface area (Å²) >= 11 is 6.22. The van der Waals surface area contributed by atoms with Crippen LogP contribution in [0.15, 0.2) is 60.7 Å². The van der Waals surface area contributed by atoms with Crippen molar-refractivity contribution >= 4 is 35.4 Å². The summed E-state index contributed by atoms with van der Waals surface area (Å²) in [6, 6.07) is 14.6. The number of amides is 2. The number of hydrogen-bond acceptors (Lipinski definition) is 8. The summed E-state index contributed by atoms with van der Waals surface area (Å²) in [5.74, 6) is -2.21. The van der Waals surface area contributed by atoms with Crippen LogP contribution < -0.4 is 15.8 Å². The predicted molar refractivity (Wildman–Crippen MR) is 178 cm³/mol. The first-order chi connectivity index (χ1) is 22.3. The Bertz CT molecular complexity index is 1400. The third-order valence-corrected chi connectivity index (χ3v) is 8.26. The molecular formula is C36H47ClN2O8. The summed E-state index contributed by atoms with van der Waals surface area (Å²) in [5.41, 5.74) is 7.17. The Morgan fingerprint density at radius 2 is 1.72 bits per heavy atom. The predicted octanol–water partition coefficient (Wildman–Crippen LogP) is 5.50. The number of hydrogen-bond donors (Lipinski definition) is 2. The van der Waals surface area contributed by atoms with Crippen LogP contribution in [0.4, 0.5) is 0 Å². The van der Waals surface area contributed by atoms with Gasteiger partial charge in [-0.05, 0) is 55.0 Å². The standard InChI is InChI=1S/C36H47ClN2O8/c1-21(2)17-30(45-32(41)19-23(4)39-35(42)22(3)18-25-15-16-29(44-6)27(37)20-25)36(43)46-28(13-10-14-31(38)40)24(5)33-34(47-33)26-11-8-7-9-12-26/h7-12,14-16,20-24,28,30,33-34H,13,17-19H2,1-6H3,(H2,38,40)(H,39,42)/b14-10+/t22-,23+,24+,28+,30+,33-,34-/m1/s1. The molecule has 3 rings (SSSR count). The molecule has 3 N–H and O–H groups in total. The van der Waals surface area contributed by atoms with Crippen molar-refractivity contribution in [1.29, 1.82) is 0 Å². The summed E-state index contributed by atoms with van der Waals surface area (Å²) < 4.78 is 22.7. The van der Waals surface area contributed by atoms with Gasteiger partial charge in [0.05, 0.1) is 24.7 Å². The molecule has 1 fully saturated rings. The quantitative estimate of drug-likeness (QED) is 0.120. The van der Waals surface area contributed by atoms with Crippen LogP contribution in [0.25, 0.3) is 0 Å². The van der Waals surface area contributed by atoms with Crippen LogP contribution in [0.5, 0.6) is 5.75 Å². The van der Waals surface area contributed by atoms with Crippen molar-refractivity contribution in [2.75, 3.05) is 7.11 Å². The normalized spacial score (nSPS) is 18.9. The number of rotatable bonds is 18. The van der Waals surface area contributed by atoms with Gasteiger partial charge >= 0.3 is 11.9 Å². The van der Waals surface area contributed by atoms with Gasteiger partial charge in [0.2, 0.25) is 11.8 Å². The van der Waals surface area contributed by atoms with Gasteiger partial charge < -0.3 is 30.0 Å². The van der Waals surface area contributed by atoms with E-state index in [0.717, 1.165) is 11.1 Å². The molecular weight excluding hydrogens is 624 g/mol. The molecule has 1 aliphatic heterocycles. The van der Waals surface area contributed by atoms with Crippen molar-refractivity contribution < 1.29 is 38.1 Å². The second-order valence-electron chi connectivity index (χ2n) is 12.6. The highest BCUT2D eigenvalue weighted by atomic mass is 35.5. The van der Waals surface area contributed by atoms with Gasteiger partial charge in [0.15, 0.2) is 6.10 Å². The van der Waals surface area contributed by atoms with Crippen LogP contribution in [-0.4, -0.2) is 55.2 Å². The maximum atomic E-state index is 13.5. The largest absolute Gasteiger partial charge is 0.495 e. The smallest absolute Gasteiger partial charge is 0.347 e. The molecule has 0 unspecified atom stereocenters. The number of ether oxygens (including phenoxy) is 4. The molecule has 1 saturated heterocycles. The molecule has 2 amide bonds. The maximum absolute atomic E-state index is 13.5. The van der Waals surface area contributed by atoms with Crippen LogP contribution in [0.2, 0.25) is 5.02 Å². The number of esters is 2. The summed E-state index contributed by atoms with van der Waals surface area (Å²) in [6.45, 7) is 9.23. The summed E-state index contributed by atoms with van der Waals surface area (Å²) in [6.07, 6.45) is 1.43. The van der Waals surface area contributed by atoms with E-state index in [1.54, 1.807) is 32.1 Å². The molecule has 2 aromatic carbocycles. The fourth-order valence-corrected chi connectivity index (χ4v) is 5.64. The highest BCUT2D eigenvalue weighted by molar-refractivity contribution is 6.32. The first-order valence-corrected chi connectivity index (χ1v) is 16.4.